The molecule has 1 saturated carbocycles. The molecule has 0 aromatic heterocycles. The molecule has 0 atom stereocenters. The van der Waals surface area contributed by atoms with Crippen LogP contribution in [0.15, 0.2) is 0 Å². The highest BCUT2D eigenvalue weighted by atomic mass is 35.5. The zero-order valence-corrected chi connectivity index (χ0v) is 5.85. The van der Waals surface area contributed by atoms with Gasteiger partial charge < -0.3 is 10.2 Å². The van der Waals surface area contributed by atoms with E-state index in [4.69, 9.17) is 10.2 Å². The van der Waals surface area contributed by atoms with Gasteiger partial charge in [0, 0.05) is 0 Å². The highest BCUT2D eigenvalue weighted by Crippen LogP contribution is 2.45. The Morgan fingerprint density at radius 3 is 1.40 bits per heavy atom. The Bertz CT molecular complexity index is 156. The maximum absolute atomic E-state index is 10.1. The number of carboxylic acids is 2. The molecule has 4 nitrogen and oxygen atoms in total. The van der Waals surface area contributed by atoms with E-state index in [-0.39, 0.29) is 25.2 Å². The topological polar surface area (TPSA) is 74.6 Å². The summed E-state index contributed by atoms with van der Waals surface area (Å²) in [5, 5.41) is 16.6. The monoisotopic (exact) mass is 166 g/mol. The van der Waals surface area contributed by atoms with Gasteiger partial charge in [0.15, 0.2) is 5.41 Å². The third kappa shape index (κ3) is 1.07. The Balaban J connectivity index is 0.000000810. The first-order chi connectivity index (χ1) is 4.09. The van der Waals surface area contributed by atoms with E-state index in [0.717, 1.165) is 0 Å². The van der Waals surface area contributed by atoms with Gasteiger partial charge in [-0.1, -0.05) is 0 Å². The summed E-state index contributed by atoms with van der Waals surface area (Å²) in [5.74, 6) is -2.43. The van der Waals surface area contributed by atoms with Crippen molar-refractivity contribution < 1.29 is 19.8 Å². The summed E-state index contributed by atoms with van der Waals surface area (Å²) in [5.41, 5.74) is -1.42. The molecule has 0 aromatic carbocycles. The molecule has 0 radical (unpaired) electrons. The highest BCUT2D eigenvalue weighted by Gasteiger charge is 2.57. The van der Waals surface area contributed by atoms with Crippen LogP contribution >= 0.6 is 12.4 Å². The average molecular weight is 167 g/mol. The van der Waals surface area contributed by atoms with E-state index < -0.39 is 17.4 Å². The second-order valence-electron chi connectivity index (χ2n) is 2.19. The Labute approximate surface area is 63.3 Å². The van der Waals surface area contributed by atoms with E-state index in [2.05, 4.69) is 0 Å². The van der Waals surface area contributed by atoms with Crippen LogP contribution in [0.2, 0.25) is 0 Å². The van der Waals surface area contributed by atoms with E-state index >= 15 is 0 Å². The quantitative estimate of drug-likeness (QED) is 0.581. The molecule has 1 aliphatic rings. The lowest BCUT2D eigenvalue weighted by molar-refractivity contribution is -0.156. The standard InChI is InChI=1S/C5H6O4.ClH/c6-3(7)5(1-2-5)4(8)9;/h1-2H2,(H,6,7)(H,8,9);1H. The van der Waals surface area contributed by atoms with Crippen molar-refractivity contribution in [2.75, 3.05) is 0 Å². The molecule has 0 aromatic rings. The first-order valence-electron chi connectivity index (χ1n) is 2.56. The van der Waals surface area contributed by atoms with Gasteiger partial charge in [-0.25, -0.2) is 0 Å². The lowest BCUT2D eigenvalue weighted by atomic mass is 10.1. The van der Waals surface area contributed by atoms with Crippen molar-refractivity contribution in [2.45, 2.75) is 12.8 Å². The second-order valence-corrected chi connectivity index (χ2v) is 2.19. The first kappa shape index (κ1) is 9.23. The van der Waals surface area contributed by atoms with Crippen molar-refractivity contribution in [1.82, 2.24) is 0 Å². The van der Waals surface area contributed by atoms with Gasteiger partial charge in [-0.05, 0) is 12.8 Å². The summed E-state index contributed by atoms with van der Waals surface area (Å²) in [6.07, 6.45) is 0.551. The fourth-order valence-electron chi connectivity index (χ4n) is 0.644. The van der Waals surface area contributed by atoms with Crippen molar-refractivity contribution in [2.24, 2.45) is 5.41 Å². The van der Waals surface area contributed by atoms with Crippen LogP contribution in [-0.2, 0) is 9.59 Å². The molecule has 58 valence electrons. The fraction of sp³-hybridized carbons (Fsp3) is 0.600. The lowest BCUT2D eigenvalue weighted by Gasteiger charge is -1.99. The number of rotatable bonds is 2. The van der Waals surface area contributed by atoms with Gasteiger partial charge in [-0.3, -0.25) is 9.59 Å². The highest BCUT2D eigenvalue weighted by molar-refractivity contribution is 6.01. The van der Waals surface area contributed by atoms with Crippen molar-refractivity contribution >= 4 is 24.3 Å². The maximum atomic E-state index is 10.1. The molecule has 1 fully saturated rings. The number of carboxylic acid groups (broad SMARTS) is 2. The Kier molecular flexibility index (Phi) is 2.27. The predicted octanol–water partition coefficient (Wildman–Crippen LogP) is 0.358. The summed E-state index contributed by atoms with van der Waals surface area (Å²) in [7, 11) is 0. The summed E-state index contributed by atoms with van der Waals surface area (Å²) in [4.78, 5) is 20.3. The molecule has 0 saturated heterocycles. The Morgan fingerprint density at radius 2 is 1.40 bits per heavy atom. The zero-order chi connectivity index (χ0) is 7.07. The van der Waals surface area contributed by atoms with E-state index in [9.17, 15) is 9.59 Å². The number of aliphatic carboxylic acids is 2. The summed E-state index contributed by atoms with van der Waals surface area (Å²) in [6, 6.07) is 0. The van der Waals surface area contributed by atoms with Crippen LogP contribution in [0.4, 0.5) is 0 Å². The number of hydrogen-bond donors (Lipinski definition) is 2. The van der Waals surface area contributed by atoms with E-state index in [1.54, 1.807) is 0 Å². The van der Waals surface area contributed by atoms with Gasteiger partial charge >= 0.3 is 11.9 Å². The number of halogens is 1. The van der Waals surface area contributed by atoms with Gasteiger partial charge in [-0.15, -0.1) is 12.4 Å². The van der Waals surface area contributed by atoms with Gasteiger partial charge in [0.1, 0.15) is 0 Å². The fourth-order valence-corrected chi connectivity index (χ4v) is 0.644. The minimum atomic E-state index is -1.42. The SMILES string of the molecule is Cl.O=C(O)C1(C(=O)O)CC1. The number of hydrogen-bond acceptors (Lipinski definition) is 2. The first-order valence-corrected chi connectivity index (χ1v) is 2.56. The van der Waals surface area contributed by atoms with Gasteiger partial charge in [0.2, 0.25) is 0 Å². The van der Waals surface area contributed by atoms with Crippen molar-refractivity contribution in [1.29, 1.82) is 0 Å². The van der Waals surface area contributed by atoms with Crippen LogP contribution in [0.1, 0.15) is 12.8 Å². The molecule has 0 heterocycles. The van der Waals surface area contributed by atoms with Crippen molar-refractivity contribution in [3.8, 4) is 0 Å². The molecule has 0 spiro atoms. The molecule has 0 unspecified atom stereocenters. The Hall–Kier alpha value is -0.770. The van der Waals surface area contributed by atoms with E-state index in [1.165, 1.54) is 0 Å². The van der Waals surface area contributed by atoms with Gasteiger partial charge in [-0.2, -0.15) is 0 Å². The summed E-state index contributed by atoms with van der Waals surface area (Å²) >= 11 is 0. The van der Waals surface area contributed by atoms with Crippen LogP contribution < -0.4 is 0 Å². The summed E-state index contributed by atoms with van der Waals surface area (Å²) < 4.78 is 0. The molecule has 10 heavy (non-hydrogen) atoms. The third-order valence-corrected chi connectivity index (χ3v) is 1.57. The predicted molar refractivity (Wildman–Crippen MR) is 34.2 cm³/mol. The maximum Gasteiger partial charge on any atom is 0.321 e. The van der Waals surface area contributed by atoms with E-state index in [1.807, 2.05) is 0 Å². The van der Waals surface area contributed by atoms with Crippen LogP contribution in [0.3, 0.4) is 0 Å². The van der Waals surface area contributed by atoms with Crippen LogP contribution in [-0.4, -0.2) is 22.2 Å². The second kappa shape index (κ2) is 2.46. The van der Waals surface area contributed by atoms with Gasteiger partial charge in [0.05, 0.1) is 0 Å². The third-order valence-electron chi connectivity index (χ3n) is 1.57. The molecule has 2 N–H and O–H groups in total. The minimum absolute atomic E-state index is 0. The minimum Gasteiger partial charge on any atom is -0.480 e. The molecule has 1 rings (SSSR count). The molecule has 0 amide bonds. The molecule has 0 bridgehead atoms. The Morgan fingerprint density at radius 1 is 1.10 bits per heavy atom. The van der Waals surface area contributed by atoms with Crippen molar-refractivity contribution in [3.05, 3.63) is 0 Å². The van der Waals surface area contributed by atoms with Crippen molar-refractivity contribution in [3.63, 3.8) is 0 Å². The van der Waals surface area contributed by atoms with Gasteiger partial charge in [0.25, 0.3) is 0 Å². The molecule has 0 aliphatic heterocycles. The lowest BCUT2D eigenvalue weighted by Crippen LogP contribution is -2.24. The molecular formula is C5H7ClO4. The normalized spacial score (nSPS) is 18.8. The zero-order valence-electron chi connectivity index (χ0n) is 5.03. The largest absolute Gasteiger partial charge is 0.480 e. The average Bonchev–Trinajstić information content (AvgIpc) is 2.40. The van der Waals surface area contributed by atoms with Crippen LogP contribution in [0.5, 0.6) is 0 Å². The van der Waals surface area contributed by atoms with Crippen LogP contribution in [0, 0.1) is 5.41 Å². The summed E-state index contributed by atoms with van der Waals surface area (Å²) in [6.45, 7) is 0. The van der Waals surface area contributed by atoms with Crippen LogP contribution in [0.25, 0.3) is 0 Å². The smallest absolute Gasteiger partial charge is 0.321 e. The van der Waals surface area contributed by atoms with E-state index in [0.29, 0.717) is 0 Å². The molecule has 5 heteroatoms. The molecular weight excluding hydrogens is 160 g/mol. The number of carbonyl (C=O) groups is 2. The molecule has 1 aliphatic carbocycles.